The minimum Gasteiger partial charge on any atom is -0.497 e. The van der Waals surface area contributed by atoms with E-state index in [0.29, 0.717) is 13.2 Å². The molecule has 34 heavy (non-hydrogen) atoms. The zero-order chi connectivity index (χ0) is 24.2. The smallest absolute Gasteiger partial charge is 0.320 e. The van der Waals surface area contributed by atoms with Crippen LogP contribution in [0.5, 0.6) is 5.75 Å². The van der Waals surface area contributed by atoms with Crippen molar-refractivity contribution < 1.29 is 14.3 Å². The van der Waals surface area contributed by atoms with E-state index in [1.165, 1.54) is 5.56 Å². The third kappa shape index (κ3) is 4.66. The van der Waals surface area contributed by atoms with E-state index in [9.17, 15) is 4.79 Å². The van der Waals surface area contributed by atoms with Crippen molar-refractivity contribution in [2.75, 3.05) is 48.0 Å². The fourth-order valence-corrected chi connectivity index (χ4v) is 5.96. The number of carbonyl (C=O) groups excluding carboxylic acids is 1. The summed E-state index contributed by atoms with van der Waals surface area (Å²) in [6, 6.07) is 19.1. The van der Waals surface area contributed by atoms with Gasteiger partial charge in [0.2, 0.25) is 0 Å². The second-order valence-electron chi connectivity index (χ2n) is 10.0. The first-order valence-corrected chi connectivity index (χ1v) is 12.4. The van der Waals surface area contributed by atoms with Gasteiger partial charge in [0.15, 0.2) is 0 Å². The van der Waals surface area contributed by atoms with Crippen molar-refractivity contribution in [3.63, 3.8) is 0 Å². The Kier molecular flexibility index (Phi) is 7.48. The summed E-state index contributed by atoms with van der Waals surface area (Å²) in [5.41, 5.74) is 2.40. The molecule has 4 rings (SSSR count). The predicted molar refractivity (Wildman–Crippen MR) is 135 cm³/mol. The Bertz CT molecular complexity index is 937. The number of amides is 2. The molecule has 2 aliphatic rings. The van der Waals surface area contributed by atoms with Crippen LogP contribution in [0.15, 0.2) is 54.6 Å². The van der Waals surface area contributed by atoms with Gasteiger partial charge in [-0.15, -0.1) is 0 Å². The number of nitrogens with zero attached hydrogens (tertiary/aromatic N) is 3. The van der Waals surface area contributed by atoms with Gasteiger partial charge in [0, 0.05) is 38.9 Å². The minimum atomic E-state index is -0.119. The monoisotopic (exact) mass is 465 g/mol. The van der Waals surface area contributed by atoms with Crippen molar-refractivity contribution in [2.24, 2.45) is 0 Å². The summed E-state index contributed by atoms with van der Waals surface area (Å²) in [5, 5.41) is 0. The molecule has 1 spiro atoms. The van der Waals surface area contributed by atoms with Crippen LogP contribution in [0.25, 0.3) is 0 Å². The highest BCUT2D eigenvalue weighted by Gasteiger charge is 2.54. The van der Waals surface area contributed by atoms with Crippen LogP contribution in [-0.2, 0) is 16.8 Å². The lowest BCUT2D eigenvalue weighted by atomic mass is 9.68. The minimum absolute atomic E-state index is 0.0111. The Morgan fingerprint density at radius 3 is 2.21 bits per heavy atom. The number of urea groups is 1. The highest BCUT2D eigenvalue weighted by Crippen LogP contribution is 2.49. The lowest BCUT2D eigenvalue weighted by Gasteiger charge is -2.51. The predicted octanol–water partition coefficient (Wildman–Crippen LogP) is 4.74. The molecule has 0 atom stereocenters. The van der Waals surface area contributed by atoms with Crippen LogP contribution in [0.2, 0.25) is 0 Å². The summed E-state index contributed by atoms with van der Waals surface area (Å²) in [6.07, 6.45) is 4.93. The zero-order valence-corrected chi connectivity index (χ0v) is 21.1. The van der Waals surface area contributed by atoms with Gasteiger partial charge in [-0.05, 0) is 69.5 Å². The number of hydrogen-bond donors (Lipinski definition) is 0. The van der Waals surface area contributed by atoms with Crippen LogP contribution in [0.4, 0.5) is 4.79 Å². The van der Waals surface area contributed by atoms with Crippen LogP contribution in [-0.4, -0.2) is 74.3 Å². The molecular formula is C28H39N3O3. The van der Waals surface area contributed by atoms with Crippen molar-refractivity contribution in [3.05, 3.63) is 65.7 Å². The normalized spacial score (nSPS) is 24.9. The van der Waals surface area contributed by atoms with Gasteiger partial charge in [-0.3, -0.25) is 4.90 Å². The van der Waals surface area contributed by atoms with Gasteiger partial charge in [0.05, 0.1) is 12.6 Å². The maximum atomic E-state index is 13.6. The average Bonchev–Trinajstić information content (AvgIpc) is 3.11. The molecule has 0 radical (unpaired) electrons. The van der Waals surface area contributed by atoms with E-state index in [-0.39, 0.29) is 17.1 Å². The lowest BCUT2D eigenvalue weighted by molar-refractivity contribution is 0.0223. The Morgan fingerprint density at radius 1 is 0.941 bits per heavy atom. The first kappa shape index (κ1) is 24.6. The number of rotatable bonds is 9. The molecule has 1 aliphatic carbocycles. The molecule has 0 N–H and O–H groups in total. The van der Waals surface area contributed by atoms with Crippen LogP contribution in [0, 0.1) is 0 Å². The van der Waals surface area contributed by atoms with Gasteiger partial charge in [-0.25, -0.2) is 4.79 Å². The summed E-state index contributed by atoms with van der Waals surface area (Å²) >= 11 is 0. The number of benzene rings is 2. The second kappa shape index (κ2) is 10.4. The second-order valence-corrected chi connectivity index (χ2v) is 10.0. The highest BCUT2D eigenvalue weighted by molar-refractivity contribution is 5.78. The van der Waals surface area contributed by atoms with Crippen LogP contribution < -0.4 is 4.74 Å². The molecule has 1 aliphatic heterocycles. The molecule has 0 unspecified atom stereocenters. The van der Waals surface area contributed by atoms with Gasteiger partial charge in [0.25, 0.3) is 0 Å². The van der Waals surface area contributed by atoms with Gasteiger partial charge >= 0.3 is 6.03 Å². The van der Waals surface area contributed by atoms with E-state index in [2.05, 4.69) is 66.4 Å². The fraction of sp³-hybridized carbons (Fsp3) is 0.536. The number of methoxy groups -OCH3 is 2. The summed E-state index contributed by atoms with van der Waals surface area (Å²) in [5.74, 6) is 0.836. The van der Waals surface area contributed by atoms with Crippen molar-refractivity contribution in [2.45, 2.75) is 49.7 Å². The third-order valence-electron chi connectivity index (χ3n) is 8.00. The number of hydrogen-bond acceptors (Lipinski definition) is 4. The molecule has 1 heterocycles. The SMILES string of the molecule is COCCCN1C(=O)N(Cc2ccc(OC)cc2)C[C@]12CC[C@](c1ccccc1)(N(C)C)CC2. The Hall–Kier alpha value is -2.57. The molecule has 6 nitrogen and oxygen atoms in total. The molecule has 0 aromatic heterocycles. The van der Waals surface area contributed by atoms with E-state index in [0.717, 1.165) is 56.5 Å². The standard InChI is InChI=1S/C28H39N3O3/c1-29(2)28(24-9-6-5-7-10-24)17-15-27(16-18-28)22-30(26(32)31(27)19-8-20-33-3)21-23-11-13-25(34-4)14-12-23/h5-7,9-14H,8,15-22H2,1-4H3/t27-,28+. The first-order valence-electron chi connectivity index (χ1n) is 12.4. The Balaban J connectivity index is 1.56. The van der Waals surface area contributed by atoms with E-state index in [1.54, 1.807) is 14.2 Å². The van der Waals surface area contributed by atoms with Crippen LogP contribution in [0.3, 0.4) is 0 Å². The Morgan fingerprint density at radius 2 is 1.62 bits per heavy atom. The molecule has 2 amide bonds. The molecule has 2 aromatic rings. The maximum absolute atomic E-state index is 13.6. The molecule has 2 fully saturated rings. The molecule has 1 saturated heterocycles. The molecule has 0 bridgehead atoms. The first-order chi connectivity index (χ1) is 16.4. The van der Waals surface area contributed by atoms with Crippen molar-refractivity contribution >= 4 is 6.03 Å². The summed E-state index contributed by atoms with van der Waals surface area (Å²) in [6.45, 7) is 2.82. The molecule has 184 valence electrons. The van der Waals surface area contributed by atoms with Gasteiger partial charge in [-0.1, -0.05) is 42.5 Å². The van der Waals surface area contributed by atoms with E-state index in [4.69, 9.17) is 9.47 Å². The molecule has 6 heteroatoms. The Labute approximate surface area is 204 Å². The topological polar surface area (TPSA) is 45.3 Å². The average molecular weight is 466 g/mol. The summed E-state index contributed by atoms with van der Waals surface area (Å²) < 4.78 is 10.6. The summed E-state index contributed by atoms with van der Waals surface area (Å²) in [4.78, 5) is 20.2. The third-order valence-corrected chi connectivity index (χ3v) is 8.00. The van der Waals surface area contributed by atoms with E-state index < -0.39 is 0 Å². The van der Waals surface area contributed by atoms with Crippen molar-refractivity contribution in [3.8, 4) is 5.75 Å². The van der Waals surface area contributed by atoms with Crippen LogP contribution >= 0.6 is 0 Å². The molecular weight excluding hydrogens is 426 g/mol. The molecule has 1 saturated carbocycles. The maximum Gasteiger partial charge on any atom is 0.320 e. The largest absolute Gasteiger partial charge is 0.497 e. The van der Waals surface area contributed by atoms with Gasteiger partial charge < -0.3 is 19.3 Å². The van der Waals surface area contributed by atoms with E-state index >= 15 is 0 Å². The van der Waals surface area contributed by atoms with Crippen molar-refractivity contribution in [1.82, 2.24) is 14.7 Å². The quantitative estimate of drug-likeness (QED) is 0.502. The number of carbonyl (C=O) groups is 1. The summed E-state index contributed by atoms with van der Waals surface area (Å²) in [7, 11) is 7.78. The number of ether oxygens (including phenoxy) is 2. The fourth-order valence-electron chi connectivity index (χ4n) is 5.96. The molecule has 2 aromatic carbocycles. The van der Waals surface area contributed by atoms with Gasteiger partial charge in [0.1, 0.15) is 5.75 Å². The zero-order valence-electron chi connectivity index (χ0n) is 21.1. The van der Waals surface area contributed by atoms with Crippen LogP contribution in [0.1, 0.15) is 43.2 Å². The van der Waals surface area contributed by atoms with Crippen molar-refractivity contribution in [1.29, 1.82) is 0 Å². The highest BCUT2D eigenvalue weighted by atomic mass is 16.5. The van der Waals surface area contributed by atoms with E-state index in [1.807, 2.05) is 17.0 Å². The lowest BCUT2D eigenvalue weighted by Crippen LogP contribution is -2.55. The van der Waals surface area contributed by atoms with Gasteiger partial charge in [-0.2, -0.15) is 0 Å².